The van der Waals surface area contributed by atoms with Crippen LogP contribution in [0.25, 0.3) is 0 Å². The van der Waals surface area contributed by atoms with Gasteiger partial charge < -0.3 is 4.74 Å². The fourth-order valence-electron chi connectivity index (χ4n) is 1.94. The molecule has 2 aromatic rings. The minimum Gasteiger partial charge on any atom is -0.497 e. The first-order valence-corrected chi connectivity index (χ1v) is 8.63. The molecule has 2 rings (SSSR count). The SMILES string of the molecule is COc1ccc(S(=O)(=O)N(C)Cc2sc(C)nc2C)cc1. The molecule has 0 saturated carbocycles. The highest BCUT2D eigenvalue weighted by atomic mass is 32.2. The molecule has 0 unspecified atom stereocenters. The minimum atomic E-state index is -3.51. The van der Waals surface area contributed by atoms with Gasteiger partial charge in [-0.15, -0.1) is 11.3 Å². The van der Waals surface area contributed by atoms with Crippen LogP contribution < -0.4 is 4.74 Å². The molecule has 1 aromatic carbocycles. The molecule has 0 amide bonds. The molecule has 1 aromatic heterocycles. The summed E-state index contributed by atoms with van der Waals surface area (Å²) in [6.07, 6.45) is 0. The van der Waals surface area contributed by atoms with E-state index < -0.39 is 10.0 Å². The van der Waals surface area contributed by atoms with E-state index >= 15 is 0 Å². The van der Waals surface area contributed by atoms with Gasteiger partial charge in [0.05, 0.1) is 22.7 Å². The van der Waals surface area contributed by atoms with Crippen LogP contribution in [-0.4, -0.2) is 31.9 Å². The lowest BCUT2D eigenvalue weighted by Gasteiger charge is -2.16. The normalized spacial score (nSPS) is 11.9. The number of thiazole rings is 1. The third-order valence-electron chi connectivity index (χ3n) is 3.13. The second kappa shape index (κ2) is 6.13. The largest absolute Gasteiger partial charge is 0.497 e. The van der Waals surface area contributed by atoms with E-state index in [4.69, 9.17) is 4.74 Å². The van der Waals surface area contributed by atoms with Gasteiger partial charge in [0.15, 0.2) is 0 Å². The molecule has 7 heteroatoms. The van der Waals surface area contributed by atoms with Crippen LogP contribution in [0.4, 0.5) is 0 Å². The number of benzene rings is 1. The van der Waals surface area contributed by atoms with E-state index in [0.717, 1.165) is 15.6 Å². The fourth-order valence-corrected chi connectivity index (χ4v) is 4.15. The van der Waals surface area contributed by atoms with E-state index in [2.05, 4.69) is 4.98 Å². The first-order valence-electron chi connectivity index (χ1n) is 6.38. The van der Waals surface area contributed by atoms with Gasteiger partial charge in [-0.05, 0) is 38.1 Å². The number of hydrogen-bond donors (Lipinski definition) is 0. The Morgan fingerprint density at radius 1 is 1.24 bits per heavy atom. The van der Waals surface area contributed by atoms with E-state index in [-0.39, 0.29) is 4.90 Å². The maximum atomic E-state index is 12.5. The van der Waals surface area contributed by atoms with Crippen molar-refractivity contribution < 1.29 is 13.2 Å². The molecule has 5 nitrogen and oxygen atoms in total. The Kier molecular flexibility index (Phi) is 4.65. The van der Waals surface area contributed by atoms with Crippen LogP contribution >= 0.6 is 11.3 Å². The van der Waals surface area contributed by atoms with Crippen LogP contribution in [0, 0.1) is 13.8 Å². The molecule has 0 aliphatic heterocycles. The molecule has 0 radical (unpaired) electrons. The topological polar surface area (TPSA) is 59.5 Å². The Balaban J connectivity index is 2.23. The van der Waals surface area contributed by atoms with Gasteiger partial charge in [0.1, 0.15) is 5.75 Å². The highest BCUT2D eigenvalue weighted by molar-refractivity contribution is 7.89. The summed E-state index contributed by atoms with van der Waals surface area (Å²) in [4.78, 5) is 5.54. The number of sulfonamides is 1. The number of aryl methyl sites for hydroxylation is 2. The summed E-state index contributed by atoms with van der Waals surface area (Å²) in [5.41, 5.74) is 0.884. The lowest BCUT2D eigenvalue weighted by atomic mass is 10.3. The minimum absolute atomic E-state index is 0.254. The van der Waals surface area contributed by atoms with Gasteiger partial charge in [0, 0.05) is 18.5 Å². The Bertz CT molecular complexity index is 721. The number of nitrogens with zero attached hydrogens (tertiary/aromatic N) is 2. The third kappa shape index (κ3) is 3.42. The molecular formula is C14H18N2O3S2. The second-order valence-electron chi connectivity index (χ2n) is 4.68. The predicted octanol–water partition coefficient (Wildman–Crippen LogP) is 2.59. The lowest BCUT2D eigenvalue weighted by Crippen LogP contribution is -2.26. The zero-order chi connectivity index (χ0) is 15.6. The standard InChI is InChI=1S/C14H18N2O3S2/c1-10-14(20-11(2)15-10)9-16(3)21(17,18)13-7-5-12(19-4)6-8-13/h5-8H,9H2,1-4H3. The summed E-state index contributed by atoms with van der Waals surface area (Å²) >= 11 is 1.52. The molecular weight excluding hydrogens is 308 g/mol. The lowest BCUT2D eigenvalue weighted by molar-refractivity contribution is 0.414. The molecule has 0 spiro atoms. The molecule has 0 N–H and O–H groups in total. The third-order valence-corrected chi connectivity index (χ3v) is 6.01. The summed E-state index contributed by atoms with van der Waals surface area (Å²) < 4.78 is 31.4. The number of methoxy groups -OCH3 is 1. The maximum Gasteiger partial charge on any atom is 0.243 e. The molecule has 21 heavy (non-hydrogen) atoms. The van der Waals surface area contributed by atoms with Crippen molar-refractivity contribution in [2.45, 2.75) is 25.3 Å². The van der Waals surface area contributed by atoms with Gasteiger partial charge in [0.25, 0.3) is 0 Å². The molecule has 0 aliphatic carbocycles. The van der Waals surface area contributed by atoms with E-state index in [9.17, 15) is 8.42 Å². The zero-order valence-corrected chi connectivity index (χ0v) is 14.1. The van der Waals surface area contributed by atoms with E-state index in [1.807, 2.05) is 13.8 Å². The fraction of sp³-hybridized carbons (Fsp3) is 0.357. The maximum absolute atomic E-state index is 12.5. The van der Waals surface area contributed by atoms with Crippen LogP contribution in [0.1, 0.15) is 15.6 Å². The van der Waals surface area contributed by atoms with Crippen molar-refractivity contribution in [1.29, 1.82) is 0 Å². The quantitative estimate of drug-likeness (QED) is 0.847. The number of rotatable bonds is 5. The van der Waals surface area contributed by atoms with Gasteiger partial charge in [0.2, 0.25) is 10.0 Å². The first kappa shape index (κ1) is 15.9. The highest BCUT2D eigenvalue weighted by Crippen LogP contribution is 2.23. The van der Waals surface area contributed by atoms with Crippen molar-refractivity contribution in [2.75, 3.05) is 14.2 Å². The Morgan fingerprint density at radius 2 is 1.86 bits per heavy atom. The van der Waals surface area contributed by atoms with Crippen LogP contribution in [0.5, 0.6) is 5.75 Å². The van der Waals surface area contributed by atoms with E-state index in [1.165, 1.54) is 15.6 Å². The molecule has 1 heterocycles. The van der Waals surface area contributed by atoms with Crippen LogP contribution in [-0.2, 0) is 16.6 Å². The average Bonchev–Trinajstić information content (AvgIpc) is 2.76. The summed E-state index contributed by atoms with van der Waals surface area (Å²) in [5, 5.41) is 0.942. The smallest absolute Gasteiger partial charge is 0.243 e. The second-order valence-corrected chi connectivity index (χ2v) is 8.01. The van der Waals surface area contributed by atoms with Crippen molar-refractivity contribution in [3.05, 3.63) is 39.8 Å². The first-order chi connectivity index (χ1) is 9.84. The Hall–Kier alpha value is -1.44. The van der Waals surface area contributed by atoms with Gasteiger partial charge in [-0.1, -0.05) is 0 Å². The zero-order valence-electron chi connectivity index (χ0n) is 12.5. The summed E-state index contributed by atoms with van der Waals surface area (Å²) in [5.74, 6) is 0.630. The number of ether oxygens (including phenoxy) is 1. The van der Waals surface area contributed by atoms with Crippen molar-refractivity contribution in [2.24, 2.45) is 0 Å². The summed E-state index contributed by atoms with van der Waals surface area (Å²) in [6, 6.07) is 6.39. The van der Waals surface area contributed by atoms with Crippen LogP contribution in [0.2, 0.25) is 0 Å². The van der Waals surface area contributed by atoms with Crippen LogP contribution in [0.3, 0.4) is 0 Å². The average molecular weight is 326 g/mol. The summed E-state index contributed by atoms with van der Waals surface area (Å²) in [7, 11) is -0.389. The predicted molar refractivity (Wildman–Crippen MR) is 83.2 cm³/mol. The molecule has 0 bridgehead atoms. The van der Waals surface area contributed by atoms with Crippen molar-refractivity contribution >= 4 is 21.4 Å². The van der Waals surface area contributed by atoms with Gasteiger partial charge in [-0.25, -0.2) is 13.4 Å². The Morgan fingerprint density at radius 3 is 2.33 bits per heavy atom. The van der Waals surface area contributed by atoms with Crippen molar-refractivity contribution in [1.82, 2.24) is 9.29 Å². The molecule has 0 fully saturated rings. The Labute approximate surface area is 129 Å². The molecule has 0 atom stereocenters. The van der Waals surface area contributed by atoms with E-state index in [1.54, 1.807) is 38.4 Å². The number of aromatic nitrogens is 1. The molecule has 0 saturated heterocycles. The van der Waals surface area contributed by atoms with Gasteiger partial charge >= 0.3 is 0 Å². The molecule has 114 valence electrons. The van der Waals surface area contributed by atoms with Crippen molar-refractivity contribution in [3.63, 3.8) is 0 Å². The van der Waals surface area contributed by atoms with Gasteiger partial charge in [-0.3, -0.25) is 0 Å². The van der Waals surface area contributed by atoms with Crippen LogP contribution in [0.15, 0.2) is 29.2 Å². The van der Waals surface area contributed by atoms with Gasteiger partial charge in [-0.2, -0.15) is 4.31 Å². The summed E-state index contributed by atoms with van der Waals surface area (Å²) in [6.45, 7) is 4.14. The molecule has 0 aliphatic rings. The monoisotopic (exact) mass is 326 g/mol. The number of hydrogen-bond acceptors (Lipinski definition) is 5. The highest BCUT2D eigenvalue weighted by Gasteiger charge is 2.22. The van der Waals surface area contributed by atoms with Crippen molar-refractivity contribution in [3.8, 4) is 5.75 Å². The van der Waals surface area contributed by atoms with E-state index in [0.29, 0.717) is 12.3 Å².